The molecule has 0 aliphatic heterocycles. The summed E-state index contributed by atoms with van der Waals surface area (Å²) in [6.07, 6.45) is 0. The number of hydrogen-bond acceptors (Lipinski definition) is 1. The van der Waals surface area contributed by atoms with Crippen molar-refractivity contribution in [2.45, 2.75) is 66.2 Å². The third kappa shape index (κ3) is 2.44. The van der Waals surface area contributed by atoms with Gasteiger partial charge in [-0.1, -0.05) is 41.5 Å². The van der Waals surface area contributed by atoms with E-state index in [2.05, 4.69) is 55.4 Å². The van der Waals surface area contributed by atoms with Crippen LogP contribution in [-0.4, -0.2) is 0 Å². The summed E-state index contributed by atoms with van der Waals surface area (Å²) in [4.78, 5) is 2.98. The van der Waals surface area contributed by atoms with Gasteiger partial charge in [0.05, 0.1) is 0 Å². The molecule has 0 amide bonds. The molecule has 1 aromatic rings. The minimum atomic E-state index is 0.261. The van der Waals surface area contributed by atoms with Crippen molar-refractivity contribution < 1.29 is 0 Å². The maximum atomic E-state index is 2.32. The lowest BCUT2D eigenvalue weighted by Gasteiger charge is -2.28. The molecule has 1 aromatic heterocycles. The van der Waals surface area contributed by atoms with Crippen LogP contribution in [0.3, 0.4) is 0 Å². The fraction of sp³-hybridized carbons (Fsp3) is 0.714. The van der Waals surface area contributed by atoms with Crippen LogP contribution in [0.25, 0.3) is 0 Å². The quantitative estimate of drug-likeness (QED) is 0.584. The summed E-state index contributed by atoms with van der Waals surface area (Å²) in [5, 5.41) is 0. The molecule has 0 atom stereocenters. The number of rotatable bonds is 0. The van der Waals surface area contributed by atoms with Crippen molar-refractivity contribution in [1.82, 2.24) is 0 Å². The Morgan fingerprint density at radius 1 is 0.667 bits per heavy atom. The first-order valence-corrected chi connectivity index (χ1v) is 6.47. The standard InChI is InChI=1S/C14H24S/c1-9-11(13(3,4)5)12(10(2)15-9)14(6,7)8/h1-8H3. The highest BCUT2D eigenvalue weighted by molar-refractivity contribution is 7.12. The molecule has 0 aliphatic rings. The van der Waals surface area contributed by atoms with E-state index in [9.17, 15) is 0 Å². The zero-order valence-corrected chi connectivity index (χ0v) is 12.2. The van der Waals surface area contributed by atoms with E-state index in [0.29, 0.717) is 0 Å². The van der Waals surface area contributed by atoms with E-state index < -0.39 is 0 Å². The number of hydrogen-bond donors (Lipinski definition) is 0. The van der Waals surface area contributed by atoms with Crippen LogP contribution < -0.4 is 0 Å². The summed E-state index contributed by atoms with van der Waals surface area (Å²) < 4.78 is 0. The van der Waals surface area contributed by atoms with Gasteiger partial charge in [-0.25, -0.2) is 0 Å². The van der Waals surface area contributed by atoms with Crippen molar-refractivity contribution in [2.75, 3.05) is 0 Å². The van der Waals surface area contributed by atoms with Crippen molar-refractivity contribution >= 4 is 11.3 Å². The predicted octanol–water partition coefficient (Wildman–Crippen LogP) is 4.96. The Hall–Kier alpha value is -0.300. The zero-order chi connectivity index (χ0) is 12.0. The molecule has 0 unspecified atom stereocenters. The van der Waals surface area contributed by atoms with Gasteiger partial charge in [-0.05, 0) is 35.8 Å². The first kappa shape index (κ1) is 12.8. The molecule has 0 saturated carbocycles. The van der Waals surface area contributed by atoms with Crippen LogP contribution in [0.2, 0.25) is 0 Å². The van der Waals surface area contributed by atoms with Gasteiger partial charge in [0.25, 0.3) is 0 Å². The molecule has 1 heterocycles. The summed E-state index contributed by atoms with van der Waals surface area (Å²) in [7, 11) is 0. The average molecular weight is 224 g/mol. The predicted molar refractivity (Wildman–Crippen MR) is 71.2 cm³/mol. The molecule has 0 N–H and O–H groups in total. The molecule has 0 aliphatic carbocycles. The van der Waals surface area contributed by atoms with Gasteiger partial charge < -0.3 is 0 Å². The Morgan fingerprint density at radius 2 is 0.933 bits per heavy atom. The molecule has 1 heteroatoms. The van der Waals surface area contributed by atoms with Crippen LogP contribution in [0.1, 0.15) is 62.4 Å². The van der Waals surface area contributed by atoms with Crippen molar-refractivity contribution in [3.63, 3.8) is 0 Å². The molecule has 0 spiro atoms. The van der Waals surface area contributed by atoms with Crippen LogP contribution in [0, 0.1) is 13.8 Å². The summed E-state index contributed by atoms with van der Waals surface area (Å²) in [5.41, 5.74) is 3.66. The maximum absolute atomic E-state index is 2.32. The Labute approximate surface area is 98.7 Å². The highest BCUT2D eigenvalue weighted by atomic mass is 32.1. The largest absolute Gasteiger partial charge is 0.145 e. The third-order valence-electron chi connectivity index (χ3n) is 2.76. The summed E-state index contributed by atoms with van der Waals surface area (Å²) in [5.74, 6) is 0. The molecule has 0 fully saturated rings. The Balaban J connectivity index is 3.51. The maximum Gasteiger partial charge on any atom is 0.00574 e. The summed E-state index contributed by atoms with van der Waals surface area (Å²) >= 11 is 1.95. The van der Waals surface area contributed by atoms with Crippen molar-refractivity contribution in [2.24, 2.45) is 0 Å². The van der Waals surface area contributed by atoms with Crippen LogP contribution in [0.4, 0.5) is 0 Å². The Morgan fingerprint density at radius 3 is 1.13 bits per heavy atom. The second-order valence-electron chi connectivity index (χ2n) is 6.46. The molecule has 0 nitrogen and oxygen atoms in total. The molecule has 15 heavy (non-hydrogen) atoms. The first-order chi connectivity index (χ1) is 6.55. The highest BCUT2D eigenvalue weighted by Gasteiger charge is 2.30. The van der Waals surface area contributed by atoms with E-state index >= 15 is 0 Å². The van der Waals surface area contributed by atoms with Gasteiger partial charge in [0, 0.05) is 9.75 Å². The van der Waals surface area contributed by atoms with Crippen molar-refractivity contribution in [1.29, 1.82) is 0 Å². The van der Waals surface area contributed by atoms with Gasteiger partial charge in [0.2, 0.25) is 0 Å². The van der Waals surface area contributed by atoms with Crippen LogP contribution >= 0.6 is 11.3 Å². The minimum Gasteiger partial charge on any atom is -0.145 e. The lowest BCUT2D eigenvalue weighted by Crippen LogP contribution is -2.21. The van der Waals surface area contributed by atoms with Crippen LogP contribution in [0.5, 0.6) is 0 Å². The van der Waals surface area contributed by atoms with Gasteiger partial charge in [0.15, 0.2) is 0 Å². The number of aryl methyl sites for hydroxylation is 2. The molecule has 86 valence electrons. The monoisotopic (exact) mass is 224 g/mol. The average Bonchev–Trinajstić information content (AvgIpc) is 2.22. The lowest BCUT2D eigenvalue weighted by atomic mass is 9.75. The molecule has 1 rings (SSSR count). The minimum absolute atomic E-state index is 0.261. The van der Waals surface area contributed by atoms with Gasteiger partial charge in [-0.15, -0.1) is 11.3 Å². The van der Waals surface area contributed by atoms with E-state index in [1.54, 1.807) is 11.1 Å². The zero-order valence-electron chi connectivity index (χ0n) is 11.4. The molecule has 0 radical (unpaired) electrons. The second kappa shape index (κ2) is 3.62. The van der Waals surface area contributed by atoms with E-state index in [1.807, 2.05) is 11.3 Å². The third-order valence-corrected chi connectivity index (χ3v) is 3.78. The first-order valence-electron chi connectivity index (χ1n) is 5.66. The van der Waals surface area contributed by atoms with Gasteiger partial charge in [-0.3, -0.25) is 0 Å². The second-order valence-corrected chi connectivity index (χ2v) is 7.89. The lowest BCUT2D eigenvalue weighted by molar-refractivity contribution is 0.530. The molecule has 0 saturated heterocycles. The van der Waals surface area contributed by atoms with E-state index in [-0.39, 0.29) is 10.8 Å². The SMILES string of the molecule is Cc1sc(C)c(C(C)(C)C)c1C(C)(C)C. The Kier molecular flexibility index (Phi) is 3.08. The summed E-state index contributed by atoms with van der Waals surface area (Å²) in [6.45, 7) is 18.4. The van der Waals surface area contributed by atoms with Gasteiger partial charge in [0.1, 0.15) is 0 Å². The topological polar surface area (TPSA) is 0 Å². The van der Waals surface area contributed by atoms with Crippen molar-refractivity contribution in [3.8, 4) is 0 Å². The fourth-order valence-electron chi connectivity index (χ4n) is 2.49. The van der Waals surface area contributed by atoms with E-state index in [1.165, 1.54) is 9.75 Å². The summed E-state index contributed by atoms with van der Waals surface area (Å²) in [6, 6.07) is 0. The van der Waals surface area contributed by atoms with Crippen molar-refractivity contribution in [3.05, 3.63) is 20.9 Å². The smallest absolute Gasteiger partial charge is 0.00574 e. The van der Waals surface area contributed by atoms with Gasteiger partial charge in [-0.2, -0.15) is 0 Å². The van der Waals surface area contributed by atoms with Crippen LogP contribution in [-0.2, 0) is 10.8 Å². The molecule has 0 bridgehead atoms. The molecular formula is C14H24S. The fourth-order valence-corrected chi connectivity index (χ4v) is 3.97. The van der Waals surface area contributed by atoms with E-state index in [4.69, 9.17) is 0 Å². The molecular weight excluding hydrogens is 200 g/mol. The highest BCUT2D eigenvalue weighted by Crippen LogP contribution is 2.42. The Bertz CT molecular complexity index is 321. The number of thiophene rings is 1. The normalized spacial score (nSPS) is 13.3. The molecule has 0 aromatic carbocycles. The van der Waals surface area contributed by atoms with Gasteiger partial charge >= 0.3 is 0 Å². The van der Waals surface area contributed by atoms with E-state index in [0.717, 1.165) is 0 Å². The van der Waals surface area contributed by atoms with Crippen LogP contribution in [0.15, 0.2) is 0 Å².